The fourth-order valence-electron chi connectivity index (χ4n) is 2.77. The Bertz CT molecular complexity index is 958. The van der Waals surface area contributed by atoms with E-state index in [4.69, 9.17) is 0 Å². The number of aryl methyl sites for hydroxylation is 1. The van der Waals surface area contributed by atoms with Crippen molar-refractivity contribution >= 4 is 28.5 Å². The van der Waals surface area contributed by atoms with Crippen molar-refractivity contribution in [1.29, 1.82) is 0 Å². The third-order valence-corrected chi connectivity index (χ3v) is 4.05. The van der Waals surface area contributed by atoms with Gasteiger partial charge in [-0.05, 0) is 42.3 Å². The first-order valence-corrected chi connectivity index (χ1v) is 7.28. The van der Waals surface area contributed by atoms with Crippen LogP contribution in [0.1, 0.15) is 31.8 Å². The van der Waals surface area contributed by atoms with Crippen LogP contribution in [-0.2, 0) is 6.54 Å². The van der Waals surface area contributed by atoms with Gasteiger partial charge in [0.2, 0.25) is 0 Å². The average molecular weight is 306 g/mol. The zero-order valence-corrected chi connectivity index (χ0v) is 12.4. The predicted octanol–water partition coefficient (Wildman–Crippen LogP) is 2.37. The molecule has 0 bridgehead atoms. The lowest BCUT2D eigenvalue weighted by Gasteiger charge is -2.07. The lowest BCUT2D eigenvalue weighted by Crippen LogP contribution is -2.12. The van der Waals surface area contributed by atoms with Crippen molar-refractivity contribution in [3.8, 4) is 0 Å². The maximum absolute atomic E-state index is 12.4. The summed E-state index contributed by atoms with van der Waals surface area (Å²) in [5.74, 6) is -0.298. The van der Waals surface area contributed by atoms with Crippen molar-refractivity contribution < 1.29 is 9.59 Å². The molecule has 0 aliphatic carbocycles. The van der Waals surface area contributed by atoms with Crippen molar-refractivity contribution in [2.24, 2.45) is 0 Å². The summed E-state index contributed by atoms with van der Waals surface area (Å²) in [5.41, 5.74) is 4.52. The molecule has 2 aromatic heterocycles. The van der Waals surface area contributed by atoms with Crippen LogP contribution in [0, 0.1) is 6.92 Å². The van der Waals surface area contributed by atoms with Crippen LogP contribution in [0.5, 0.6) is 0 Å². The molecular weight excluding hydrogens is 292 g/mol. The number of hydrogen-bond acceptors (Lipinski definition) is 3. The Morgan fingerprint density at radius 1 is 1.30 bits per heavy atom. The summed E-state index contributed by atoms with van der Waals surface area (Å²) in [6.07, 6.45) is 3.41. The third kappa shape index (κ3) is 2.24. The van der Waals surface area contributed by atoms with E-state index in [1.165, 1.54) is 0 Å². The molecule has 1 aromatic carbocycles. The summed E-state index contributed by atoms with van der Waals surface area (Å²) in [5, 5.41) is 6.54. The van der Waals surface area contributed by atoms with E-state index < -0.39 is 0 Å². The Labute approximate surface area is 131 Å². The number of anilines is 1. The highest BCUT2D eigenvalue weighted by atomic mass is 16.2. The topological polar surface area (TPSA) is 86.9 Å². The van der Waals surface area contributed by atoms with E-state index in [1.807, 2.05) is 25.3 Å². The average Bonchev–Trinajstić information content (AvgIpc) is 3.11. The van der Waals surface area contributed by atoms with Gasteiger partial charge in [-0.2, -0.15) is 0 Å². The van der Waals surface area contributed by atoms with Crippen molar-refractivity contribution in [2.45, 2.75) is 13.5 Å². The molecule has 3 N–H and O–H groups in total. The molecule has 0 fully saturated rings. The van der Waals surface area contributed by atoms with Crippen molar-refractivity contribution in [1.82, 2.24) is 15.3 Å². The number of aromatic nitrogens is 2. The largest absolute Gasteiger partial charge is 0.348 e. The minimum atomic E-state index is -0.225. The van der Waals surface area contributed by atoms with Gasteiger partial charge in [-0.1, -0.05) is 0 Å². The maximum Gasteiger partial charge on any atom is 0.257 e. The number of pyridine rings is 1. The number of carbonyl (C=O) groups excluding carboxylic acids is 2. The van der Waals surface area contributed by atoms with Gasteiger partial charge in [-0.25, -0.2) is 4.98 Å². The highest BCUT2D eigenvalue weighted by Gasteiger charge is 2.19. The molecule has 0 unspecified atom stereocenters. The van der Waals surface area contributed by atoms with Crippen LogP contribution in [0.15, 0.2) is 36.7 Å². The number of H-pyrrole nitrogens is 1. The molecule has 114 valence electrons. The van der Waals surface area contributed by atoms with Crippen LogP contribution < -0.4 is 10.6 Å². The molecule has 6 heteroatoms. The lowest BCUT2D eigenvalue weighted by atomic mass is 10.1. The standard InChI is InChI=1S/C17H14N4O2/c1-9-6-18-15-14(9)5-11(8-19-15)16(22)21-12-2-3-13-10(4-12)7-20-17(13)23/h2-6,8H,7H2,1H3,(H,18,19)(H,20,23)(H,21,22). The Kier molecular flexibility index (Phi) is 2.90. The quantitative estimate of drug-likeness (QED) is 0.679. The van der Waals surface area contributed by atoms with E-state index in [2.05, 4.69) is 20.6 Å². The van der Waals surface area contributed by atoms with Crippen molar-refractivity contribution in [3.05, 3.63) is 58.9 Å². The van der Waals surface area contributed by atoms with Crippen LogP contribution in [0.3, 0.4) is 0 Å². The number of aromatic amines is 1. The van der Waals surface area contributed by atoms with Gasteiger partial charge in [-0.15, -0.1) is 0 Å². The summed E-state index contributed by atoms with van der Waals surface area (Å²) in [7, 11) is 0. The van der Waals surface area contributed by atoms with Gasteiger partial charge in [0.05, 0.1) is 5.56 Å². The summed E-state index contributed by atoms with van der Waals surface area (Å²) >= 11 is 0. The summed E-state index contributed by atoms with van der Waals surface area (Å²) in [4.78, 5) is 31.3. The lowest BCUT2D eigenvalue weighted by molar-refractivity contribution is 0.0965. The van der Waals surface area contributed by atoms with E-state index in [-0.39, 0.29) is 11.8 Å². The van der Waals surface area contributed by atoms with Gasteiger partial charge in [-0.3, -0.25) is 9.59 Å². The number of carbonyl (C=O) groups is 2. The molecule has 2 amide bonds. The summed E-state index contributed by atoms with van der Waals surface area (Å²) in [6.45, 7) is 2.46. The minimum Gasteiger partial charge on any atom is -0.348 e. The number of rotatable bonds is 2. The first-order valence-electron chi connectivity index (χ1n) is 7.28. The molecule has 0 radical (unpaired) electrons. The van der Waals surface area contributed by atoms with Gasteiger partial charge < -0.3 is 15.6 Å². The van der Waals surface area contributed by atoms with Gasteiger partial charge in [0.1, 0.15) is 5.65 Å². The number of benzene rings is 1. The Balaban J connectivity index is 1.61. The van der Waals surface area contributed by atoms with Gasteiger partial charge in [0.15, 0.2) is 0 Å². The number of hydrogen-bond donors (Lipinski definition) is 3. The minimum absolute atomic E-state index is 0.0736. The van der Waals surface area contributed by atoms with E-state index in [0.29, 0.717) is 23.4 Å². The maximum atomic E-state index is 12.4. The molecule has 0 spiro atoms. The summed E-state index contributed by atoms with van der Waals surface area (Å²) < 4.78 is 0. The highest BCUT2D eigenvalue weighted by molar-refractivity contribution is 6.06. The first-order chi connectivity index (χ1) is 11.1. The highest BCUT2D eigenvalue weighted by Crippen LogP contribution is 2.21. The van der Waals surface area contributed by atoms with Gasteiger partial charge >= 0.3 is 0 Å². The third-order valence-electron chi connectivity index (χ3n) is 4.05. The molecule has 3 heterocycles. The second-order valence-electron chi connectivity index (χ2n) is 5.60. The molecular formula is C17H14N4O2. The predicted molar refractivity (Wildman–Crippen MR) is 86.4 cm³/mol. The van der Waals surface area contributed by atoms with E-state index in [0.717, 1.165) is 22.2 Å². The zero-order valence-electron chi connectivity index (χ0n) is 12.4. The van der Waals surface area contributed by atoms with Crippen LogP contribution in [0.25, 0.3) is 11.0 Å². The molecule has 0 saturated heterocycles. The molecule has 0 atom stereocenters. The van der Waals surface area contributed by atoms with Gasteiger partial charge in [0, 0.05) is 35.6 Å². The SMILES string of the molecule is Cc1c[nH]c2ncc(C(=O)Nc3ccc4c(c3)CNC4=O)cc12. The fraction of sp³-hybridized carbons (Fsp3) is 0.118. The first kappa shape index (κ1) is 13.5. The molecule has 23 heavy (non-hydrogen) atoms. The molecule has 0 saturated carbocycles. The molecule has 6 nitrogen and oxygen atoms in total. The van der Waals surface area contributed by atoms with Crippen molar-refractivity contribution in [2.75, 3.05) is 5.32 Å². The number of nitrogens with one attached hydrogen (secondary N) is 3. The molecule has 3 aromatic rings. The monoisotopic (exact) mass is 306 g/mol. The second kappa shape index (κ2) is 4.95. The molecule has 4 rings (SSSR count). The Morgan fingerprint density at radius 3 is 3.04 bits per heavy atom. The van der Waals surface area contributed by atoms with E-state index in [9.17, 15) is 9.59 Å². The Hall–Kier alpha value is -3.15. The van der Waals surface area contributed by atoms with Crippen LogP contribution in [0.2, 0.25) is 0 Å². The van der Waals surface area contributed by atoms with E-state index in [1.54, 1.807) is 18.3 Å². The van der Waals surface area contributed by atoms with Crippen LogP contribution in [-0.4, -0.2) is 21.8 Å². The molecule has 1 aliphatic rings. The zero-order chi connectivity index (χ0) is 16.0. The Morgan fingerprint density at radius 2 is 2.17 bits per heavy atom. The fourth-order valence-corrected chi connectivity index (χ4v) is 2.77. The van der Waals surface area contributed by atoms with Crippen LogP contribution in [0.4, 0.5) is 5.69 Å². The van der Waals surface area contributed by atoms with Crippen LogP contribution >= 0.6 is 0 Å². The molecule has 1 aliphatic heterocycles. The number of amides is 2. The summed E-state index contributed by atoms with van der Waals surface area (Å²) in [6, 6.07) is 7.10. The number of fused-ring (bicyclic) bond motifs is 2. The second-order valence-corrected chi connectivity index (χ2v) is 5.60. The van der Waals surface area contributed by atoms with E-state index >= 15 is 0 Å². The van der Waals surface area contributed by atoms with Crippen molar-refractivity contribution in [3.63, 3.8) is 0 Å². The normalized spacial score (nSPS) is 13.0. The van der Waals surface area contributed by atoms with Gasteiger partial charge in [0.25, 0.3) is 11.8 Å². The number of nitrogens with zero attached hydrogens (tertiary/aromatic N) is 1. The smallest absolute Gasteiger partial charge is 0.257 e.